The summed E-state index contributed by atoms with van der Waals surface area (Å²) in [6, 6.07) is 14.6. The molecule has 0 saturated heterocycles. The van der Waals surface area contributed by atoms with Gasteiger partial charge in [0.2, 0.25) is 5.91 Å². The molecule has 0 aliphatic carbocycles. The second kappa shape index (κ2) is 8.02. The molecule has 2 heterocycles. The SMILES string of the molecule is CC(=O)Nc1ccc(-c2ccc(C(=O)NCc3cccnc3)cn2)cc1. The summed E-state index contributed by atoms with van der Waals surface area (Å²) < 4.78 is 0. The standard InChI is InChI=1S/C20H18N4O2/c1-14(25)24-18-7-4-16(5-8-18)19-9-6-17(13-22-19)20(26)23-12-15-3-2-10-21-11-15/h2-11,13H,12H2,1H3,(H,23,26)(H,24,25). The largest absolute Gasteiger partial charge is 0.348 e. The van der Waals surface area contributed by atoms with E-state index >= 15 is 0 Å². The summed E-state index contributed by atoms with van der Waals surface area (Å²) in [6.45, 7) is 1.88. The number of hydrogen-bond acceptors (Lipinski definition) is 4. The van der Waals surface area contributed by atoms with Gasteiger partial charge in [-0.3, -0.25) is 19.6 Å². The summed E-state index contributed by atoms with van der Waals surface area (Å²) >= 11 is 0. The Balaban J connectivity index is 1.64. The Labute approximate surface area is 151 Å². The summed E-state index contributed by atoms with van der Waals surface area (Å²) in [6.07, 6.45) is 4.96. The van der Waals surface area contributed by atoms with Crippen LogP contribution in [0.3, 0.4) is 0 Å². The van der Waals surface area contributed by atoms with E-state index in [0.717, 1.165) is 22.5 Å². The van der Waals surface area contributed by atoms with Crippen LogP contribution in [0, 0.1) is 0 Å². The molecule has 0 aliphatic heterocycles. The molecule has 130 valence electrons. The van der Waals surface area contributed by atoms with E-state index in [1.807, 2.05) is 36.4 Å². The molecule has 2 N–H and O–H groups in total. The molecule has 6 heteroatoms. The normalized spacial score (nSPS) is 10.2. The molecule has 3 aromatic rings. The predicted octanol–water partition coefficient (Wildman–Crippen LogP) is 3.03. The number of aromatic nitrogens is 2. The first-order chi connectivity index (χ1) is 12.6. The number of carbonyl (C=O) groups is 2. The van der Waals surface area contributed by atoms with Crippen LogP contribution in [0.2, 0.25) is 0 Å². The van der Waals surface area contributed by atoms with E-state index in [9.17, 15) is 9.59 Å². The Kier molecular flexibility index (Phi) is 5.34. The number of anilines is 1. The van der Waals surface area contributed by atoms with Crippen LogP contribution in [0.4, 0.5) is 5.69 Å². The van der Waals surface area contributed by atoms with Gasteiger partial charge in [0.15, 0.2) is 0 Å². The maximum Gasteiger partial charge on any atom is 0.253 e. The topological polar surface area (TPSA) is 84.0 Å². The average molecular weight is 346 g/mol. The predicted molar refractivity (Wildman–Crippen MR) is 99.4 cm³/mol. The van der Waals surface area contributed by atoms with Crippen molar-refractivity contribution in [1.29, 1.82) is 0 Å². The van der Waals surface area contributed by atoms with E-state index in [1.165, 1.54) is 6.92 Å². The monoisotopic (exact) mass is 346 g/mol. The third-order valence-electron chi connectivity index (χ3n) is 3.70. The van der Waals surface area contributed by atoms with Crippen molar-refractivity contribution < 1.29 is 9.59 Å². The number of nitrogens with zero attached hydrogens (tertiary/aromatic N) is 2. The first-order valence-electron chi connectivity index (χ1n) is 8.13. The van der Waals surface area contributed by atoms with Crippen molar-refractivity contribution in [3.05, 3.63) is 78.2 Å². The van der Waals surface area contributed by atoms with Crippen LogP contribution in [0.15, 0.2) is 67.1 Å². The highest BCUT2D eigenvalue weighted by Crippen LogP contribution is 2.19. The number of pyridine rings is 2. The van der Waals surface area contributed by atoms with Crippen LogP contribution < -0.4 is 10.6 Å². The second-order valence-corrected chi connectivity index (χ2v) is 5.73. The van der Waals surface area contributed by atoms with Crippen molar-refractivity contribution in [2.45, 2.75) is 13.5 Å². The number of amides is 2. The van der Waals surface area contributed by atoms with E-state index in [0.29, 0.717) is 12.1 Å². The molecule has 2 aromatic heterocycles. The third-order valence-corrected chi connectivity index (χ3v) is 3.70. The van der Waals surface area contributed by atoms with Gasteiger partial charge in [-0.05, 0) is 35.9 Å². The van der Waals surface area contributed by atoms with Crippen LogP contribution in [0.5, 0.6) is 0 Å². The Morgan fingerprint density at radius 2 is 1.81 bits per heavy atom. The number of rotatable bonds is 5. The quantitative estimate of drug-likeness (QED) is 0.744. The lowest BCUT2D eigenvalue weighted by Gasteiger charge is -2.07. The Morgan fingerprint density at radius 1 is 1.00 bits per heavy atom. The summed E-state index contributed by atoms with van der Waals surface area (Å²) in [5.74, 6) is -0.300. The number of nitrogens with one attached hydrogen (secondary N) is 2. The fourth-order valence-corrected chi connectivity index (χ4v) is 2.41. The number of carbonyl (C=O) groups excluding carboxylic acids is 2. The van der Waals surface area contributed by atoms with Crippen molar-refractivity contribution in [1.82, 2.24) is 15.3 Å². The molecule has 0 spiro atoms. The molecule has 0 fully saturated rings. The minimum Gasteiger partial charge on any atom is -0.348 e. The van der Waals surface area contributed by atoms with Gasteiger partial charge in [0.25, 0.3) is 5.91 Å². The highest BCUT2D eigenvalue weighted by Gasteiger charge is 2.07. The number of hydrogen-bond donors (Lipinski definition) is 2. The lowest BCUT2D eigenvalue weighted by molar-refractivity contribution is -0.114. The molecule has 26 heavy (non-hydrogen) atoms. The van der Waals surface area contributed by atoms with Crippen LogP contribution in [0.1, 0.15) is 22.8 Å². The van der Waals surface area contributed by atoms with E-state index in [4.69, 9.17) is 0 Å². The van der Waals surface area contributed by atoms with Crippen LogP contribution in [-0.2, 0) is 11.3 Å². The maximum absolute atomic E-state index is 12.2. The molecule has 0 saturated carbocycles. The summed E-state index contributed by atoms with van der Waals surface area (Å²) in [5.41, 5.74) is 3.81. The molecule has 0 radical (unpaired) electrons. The van der Waals surface area contributed by atoms with Gasteiger partial charge >= 0.3 is 0 Å². The molecule has 3 rings (SSSR count). The summed E-state index contributed by atoms with van der Waals surface area (Å²) in [4.78, 5) is 31.6. The van der Waals surface area contributed by atoms with Gasteiger partial charge < -0.3 is 10.6 Å². The second-order valence-electron chi connectivity index (χ2n) is 5.73. The first kappa shape index (κ1) is 17.3. The molecular formula is C20H18N4O2. The summed E-state index contributed by atoms with van der Waals surface area (Å²) in [5, 5.41) is 5.56. The van der Waals surface area contributed by atoms with Crippen LogP contribution in [-0.4, -0.2) is 21.8 Å². The first-order valence-corrected chi connectivity index (χ1v) is 8.13. The number of benzene rings is 1. The minimum atomic E-state index is -0.186. The smallest absolute Gasteiger partial charge is 0.253 e. The molecule has 0 aliphatic rings. The lowest BCUT2D eigenvalue weighted by Crippen LogP contribution is -2.22. The van der Waals surface area contributed by atoms with Gasteiger partial charge in [0, 0.05) is 43.3 Å². The van der Waals surface area contributed by atoms with E-state index in [2.05, 4.69) is 20.6 Å². The fourth-order valence-electron chi connectivity index (χ4n) is 2.41. The van der Waals surface area contributed by atoms with Crippen molar-refractivity contribution in [3.8, 4) is 11.3 Å². The molecule has 6 nitrogen and oxygen atoms in total. The minimum absolute atomic E-state index is 0.113. The van der Waals surface area contributed by atoms with E-state index in [1.54, 1.807) is 30.7 Å². The van der Waals surface area contributed by atoms with Crippen molar-refractivity contribution in [3.63, 3.8) is 0 Å². The zero-order valence-corrected chi connectivity index (χ0v) is 14.3. The highest BCUT2D eigenvalue weighted by molar-refractivity contribution is 5.94. The van der Waals surface area contributed by atoms with Crippen molar-refractivity contribution in [2.75, 3.05) is 5.32 Å². The van der Waals surface area contributed by atoms with Gasteiger partial charge in [0.05, 0.1) is 11.3 Å². The van der Waals surface area contributed by atoms with E-state index < -0.39 is 0 Å². The molecule has 0 unspecified atom stereocenters. The third kappa shape index (κ3) is 4.51. The molecular weight excluding hydrogens is 328 g/mol. The summed E-state index contributed by atoms with van der Waals surface area (Å²) in [7, 11) is 0. The Morgan fingerprint density at radius 3 is 2.42 bits per heavy atom. The molecule has 0 atom stereocenters. The van der Waals surface area contributed by atoms with Crippen molar-refractivity contribution >= 4 is 17.5 Å². The van der Waals surface area contributed by atoms with Crippen LogP contribution in [0.25, 0.3) is 11.3 Å². The van der Waals surface area contributed by atoms with Crippen molar-refractivity contribution in [2.24, 2.45) is 0 Å². The molecule has 1 aromatic carbocycles. The average Bonchev–Trinajstić information content (AvgIpc) is 2.67. The Hall–Kier alpha value is -3.54. The van der Waals surface area contributed by atoms with Gasteiger partial charge in [-0.1, -0.05) is 18.2 Å². The fraction of sp³-hybridized carbons (Fsp3) is 0.100. The van der Waals surface area contributed by atoms with Crippen LogP contribution >= 0.6 is 0 Å². The lowest BCUT2D eigenvalue weighted by atomic mass is 10.1. The zero-order valence-electron chi connectivity index (χ0n) is 14.3. The van der Waals surface area contributed by atoms with E-state index in [-0.39, 0.29) is 11.8 Å². The highest BCUT2D eigenvalue weighted by atomic mass is 16.2. The van der Waals surface area contributed by atoms with Gasteiger partial charge in [-0.2, -0.15) is 0 Å². The van der Waals surface area contributed by atoms with Gasteiger partial charge in [-0.25, -0.2) is 0 Å². The zero-order chi connectivity index (χ0) is 18.4. The molecule has 0 bridgehead atoms. The van der Waals surface area contributed by atoms with Gasteiger partial charge in [0.1, 0.15) is 0 Å². The van der Waals surface area contributed by atoms with Gasteiger partial charge in [-0.15, -0.1) is 0 Å². The molecule has 2 amide bonds. The Bertz CT molecular complexity index is 891. The maximum atomic E-state index is 12.2.